The maximum Gasteiger partial charge on any atom is 0.310 e. The molecule has 0 aromatic carbocycles. The standard InChI is InChI=1S/C8H12F3NO/c1-2-8(10,11)7(9)12-3-5-13-6-4-12/h2,7H,1,3-6H2. The van der Waals surface area contributed by atoms with Gasteiger partial charge in [-0.3, -0.25) is 4.90 Å². The Hall–Kier alpha value is -0.550. The van der Waals surface area contributed by atoms with Gasteiger partial charge in [0.2, 0.25) is 6.30 Å². The van der Waals surface area contributed by atoms with E-state index in [0.29, 0.717) is 19.3 Å². The second-order valence-electron chi connectivity index (χ2n) is 2.86. The summed E-state index contributed by atoms with van der Waals surface area (Å²) in [5, 5.41) is 0. The molecule has 1 saturated heterocycles. The minimum atomic E-state index is -3.47. The first-order valence-electron chi connectivity index (χ1n) is 4.05. The van der Waals surface area contributed by atoms with Crippen molar-refractivity contribution < 1.29 is 17.9 Å². The quantitative estimate of drug-likeness (QED) is 0.499. The maximum atomic E-state index is 13.1. The molecule has 0 radical (unpaired) electrons. The highest BCUT2D eigenvalue weighted by Crippen LogP contribution is 2.25. The zero-order chi connectivity index (χ0) is 9.90. The third-order valence-corrected chi connectivity index (χ3v) is 1.96. The first-order chi connectivity index (χ1) is 6.08. The Morgan fingerprint density at radius 2 is 1.92 bits per heavy atom. The first-order valence-corrected chi connectivity index (χ1v) is 4.05. The van der Waals surface area contributed by atoms with Crippen LogP contribution in [-0.4, -0.2) is 43.4 Å². The van der Waals surface area contributed by atoms with Crippen molar-refractivity contribution in [3.8, 4) is 0 Å². The van der Waals surface area contributed by atoms with E-state index in [4.69, 9.17) is 4.74 Å². The van der Waals surface area contributed by atoms with Crippen LogP contribution in [0.4, 0.5) is 13.2 Å². The molecule has 0 N–H and O–H groups in total. The minimum absolute atomic E-state index is 0.199. The number of alkyl halides is 3. The molecule has 2 nitrogen and oxygen atoms in total. The molecular formula is C8H12F3NO. The summed E-state index contributed by atoms with van der Waals surface area (Å²) >= 11 is 0. The van der Waals surface area contributed by atoms with Crippen molar-refractivity contribution >= 4 is 0 Å². The summed E-state index contributed by atoms with van der Waals surface area (Å²) in [6, 6.07) is 0. The fourth-order valence-corrected chi connectivity index (χ4v) is 1.14. The lowest BCUT2D eigenvalue weighted by atomic mass is 10.2. The average molecular weight is 195 g/mol. The molecule has 5 heteroatoms. The van der Waals surface area contributed by atoms with Gasteiger partial charge in [0.1, 0.15) is 0 Å². The second-order valence-corrected chi connectivity index (χ2v) is 2.86. The molecule has 0 bridgehead atoms. The van der Waals surface area contributed by atoms with Crippen molar-refractivity contribution in [1.82, 2.24) is 4.90 Å². The van der Waals surface area contributed by atoms with Gasteiger partial charge in [-0.1, -0.05) is 6.58 Å². The summed E-state index contributed by atoms with van der Waals surface area (Å²) < 4.78 is 43.5. The second kappa shape index (κ2) is 4.11. The van der Waals surface area contributed by atoms with E-state index in [-0.39, 0.29) is 13.1 Å². The number of hydrogen-bond donors (Lipinski definition) is 0. The summed E-state index contributed by atoms with van der Waals surface area (Å²) in [5.41, 5.74) is 0. The highest BCUT2D eigenvalue weighted by molar-refractivity contribution is 4.93. The lowest BCUT2D eigenvalue weighted by molar-refractivity contribution is -0.126. The van der Waals surface area contributed by atoms with Crippen LogP contribution in [-0.2, 0) is 4.74 Å². The summed E-state index contributed by atoms with van der Waals surface area (Å²) in [7, 11) is 0. The molecule has 1 aliphatic heterocycles. The van der Waals surface area contributed by atoms with Crippen LogP contribution >= 0.6 is 0 Å². The van der Waals surface area contributed by atoms with Crippen molar-refractivity contribution in [1.29, 1.82) is 0 Å². The van der Waals surface area contributed by atoms with E-state index in [1.807, 2.05) is 0 Å². The number of hydrogen-bond acceptors (Lipinski definition) is 2. The van der Waals surface area contributed by atoms with E-state index >= 15 is 0 Å². The number of morpholine rings is 1. The predicted molar refractivity (Wildman–Crippen MR) is 42.4 cm³/mol. The molecule has 76 valence electrons. The van der Waals surface area contributed by atoms with Gasteiger partial charge in [0.15, 0.2) is 0 Å². The van der Waals surface area contributed by atoms with Crippen LogP contribution in [0.15, 0.2) is 12.7 Å². The van der Waals surface area contributed by atoms with Gasteiger partial charge < -0.3 is 4.74 Å². The van der Waals surface area contributed by atoms with E-state index in [1.54, 1.807) is 0 Å². The normalized spacial score (nSPS) is 22.7. The minimum Gasteiger partial charge on any atom is -0.379 e. The smallest absolute Gasteiger partial charge is 0.310 e. The molecule has 1 unspecified atom stereocenters. The lowest BCUT2D eigenvalue weighted by Crippen LogP contribution is -2.49. The van der Waals surface area contributed by atoms with Crippen LogP contribution in [0.2, 0.25) is 0 Å². The molecule has 13 heavy (non-hydrogen) atoms. The Balaban J connectivity index is 2.54. The van der Waals surface area contributed by atoms with Gasteiger partial charge in [-0.2, -0.15) is 8.78 Å². The van der Waals surface area contributed by atoms with Crippen molar-refractivity contribution in [3.63, 3.8) is 0 Å². The molecule has 1 atom stereocenters. The Bertz CT molecular complexity index is 180. The lowest BCUT2D eigenvalue weighted by Gasteiger charge is -2.32. The SMILES string of the molecule is C=CC(F)(F)C(F)N1CCOCC1. The van der Waals surface area contributed by atoms with Crippen LogP contribution in [0, 0.1) is 0 Å². The van der Waals surface area contributed by atoms with Gasteiger partial charge in [-0.15, -0.1) is 0 Å². The van der Waals surface area contributed by atoms with Crippen LogP contribution in [0.3, 0.4) is 0 Å². The van der Waals surface area contributed by atoms with Crippen LogP contribution in [0.5, 0.6) is 0 Å². The van der Waals surface area contributed by atoms with Crippen LogP contribution < -0.4 is 0 Å². The van der Waals surface area contributed by atoms with Crippen LogP contribution in [0.1, 0.15) is 0 Å². The average Bonchev–Trinajstić information content (AvgIpc) is 2.18. The van der Waals surface area contributed by atoms with E-state index in [2.05, 4.69) is 6.58 Å². The van der Waals surface area contributed by atoms with E-state index in [9.17, 15) is 13.2 Å². The molecule has 0 aromatic rings. The van der Waals surface area contributed by atoms with E-state index in [0.717, 1.165) is 4.90 Å². The summed E-state index contributed by atoms with van der Waals surface area (Å²) in [5.74, 6) is -3.47. The topological polar surface area (TPSA) is 12.5 Å². The zero-order valence-electron chi connectivity index (χ0n) is 7.18. The Kier molecular flexibility index (Phi) is 3.33. The number of rotatable bonds is 3. The van der Waals surface area contributed by atoms with Gasteiger partial charge in [-0.05, 0) is 6.08 Å². The summed E-state index contributed by atoms with van der Waals surface area (Å²) in [4.78, 5) is 1.06. The molecule has 1 heterocycles. The Morgan fingerprint density at radius 1 is 1.38 bits per heavy atom. The molecule has 0 aromatic heterocycles. The predicted octanol–water partition coefficient (Wildman–Crippen LogP) is 1.44. The van der Waals surface area contributed by atoms with Crippen LogP contribution in [0.25, 0.3) is 0 Å². The van der Waals surface area contributed by atoms with Crippen molar-refractivity contribution in [2.75, 3.05) is 26.3 Å². The van der Waals surface area contributed by atoms with E-state index < -0.39 is 12.2 Å². The van der Waals surface area contributed by atoms with Gasteiger partial charge in [0.05, 0.1) is 13.2 Å². The largest absolute Gasteiger partial charge is 0.379 e. The highest BCUT2D eigenvalue weighted by Gasteiger charge is 2.41. The maximum absolute atomic E-state index is 13.1. The van der Waals surface area contributed by atoms with Gasteiger partial charge >= 0.3 is 5.92 Å². The van der Waals surface area contributed by atoms with E-state index in [1.165, 1.54) is 0 Å². The van der Waals surface area contributed by atoms with Crippen molar-refractivity contribution in [2.24, 2.45) is 0 Å². The molecule has 0 aliphatic carbocycles. The fourth-order valence-electron chi connectivity index (χ4n) is 1.14. The number of halogens is 3. The molecule has 1 rings (SSSR count). The zero-order valence-corrected chi connectivity index (χ0v) is 7.18. The molecule has 0 amide bonds. The van der Waals surface area contributed by atoms with Crippen molar-refractivity contribution in [2.45, 2.75) is 12.2 Å². The summed E-state index contributed by atoms with van der Waals surface area (Å²) in [6.07, 6.45) is -1.94. The third kappa shape index (κ3) is 2.45. The molecule has 1 fully saturated rings. The Labute approximate surface area is 75.0 Å². The first kappa shape index (κ1) is 10.5. The number of nitrogens with zero attached hydrogens (tertiary/aromatic N) is 1. The van der Waals surface area contributed by atoms with Crippen molar-refractivity contribution in [3.05, 3.63) is 12.7 Å². The highest BCUT2D eigenvalue weighted by atomic mass is 19.3. The monoisotopic (exact) mass is 195 g/mol. The molecule has 1 aliphatic rings. The fraction of sp³-hybridized carbons (Fsp3) is 0.750. The Morgan fingerprint density at radius 3 is 2.38 bits per heavy atom. The van der Waals surface area contributed by atoms with Gasteiger partial charge in [0.25, 0.3) is 0 Å². The molecule has 0 spiro atoms. The van der Waals surface area contributed by atoms with Gasteiger partial charge in [-0.25, -0.2) is 4.39 Å². The van der Waals surface area contributed by atoms with Gasteiger partial charge in [0, 0.05) is 13.1 Å². The summed E-state index contributed by atoms with van der Waals surface area (Å²) in [6.45, 7) is 3.90. The number of ether oxygens (including phenoxy) is 1. The molecule has 0 saturated carbocycles. The molecular weight excluding hydrogens is 183 g/mol. The third-order valence-electron chi connectivity index (χ3n) is 1.96.